The van der Waals surface area contributed by atoms with Gasteiger partial charge < -0.3 is 10.8 Å². The van der Waals surface area contributed by atoms with Crippen LogP contribution < -0.4 is 5.73 Å². The topological polar surface area (TPSA) is 97.5 Å². The molecule has 140 valence electrons. The van der Waals surface area contributed by atoms with Crippen molar-refractivity contribution < 1.29 is 19.5 Å². The first-order chi connectivity index (χ1) is 11.5. The molecule has 1 unspecified atom stereocenters. The number of amides is 1. The zero-order chi connectivity index (χ0) is 18.2. The molecule has 0 fully saturated rings. The molecule has 0 bridgehead atoms. The first-order valence-electron chi connectivity index (χ1n) is 9.50. The Balaban J connectivity index is 3.54. The van der Waals surface area contributed by atoms with E-state index in [9.17, 15) is 14.4 Å². The Morgan fingerprint density at radius 3 is 1.67 bits per heavy atom. The van der Waals surface area contributed by atoms with Crippen LogP contribution in [0.3, 0.4) is 0 Å². The highest BCUT2D eigenvalue weighted by Gasteiger charge is 2.22. The largest absolute Gasteiger partial charge is 0.481 e. The molecule has 0 aromatic heterocycles. The normalized spacial score (nSPS) is 12.0. The van der Waals surface area contributed by atoms with E-state index < -0.39 is 17.8 Å². The van der Waals surface area contributed by atoms with Crippen molar-refractivity contribution in [2.24, 2.45) is 11.7 Å². The fraction of sp³-hybridized carbons (Fsp3) is 0.842. The second-order valence-electron chi connectivity index (χ2n) is 6.73. The number of Topliss-reactive ketones (excluding diaryl/α,β-unsaturated/α-hetero) is 1. The van der Waals surface area contributed by atoms with E-state index in [-0.39, 0.29) is 18.6 Å². The molecular weight excluding hydrogens is 306 g/mol. The van der Waals surface area contributed by atoms with Crippen LogP contribution in [0.5, 0.6) is 0 Å². The molecular formula is C19H35NO4. The lowest BCUT2D eigenvalue weighted by Gasteiger charge is -2.09. The molecule has 0 radical (unpaired) electrons. The van der Waals surface area contributed by atoms with Crippen molar-refractivity contribution in [1.29, 1.82) is 0 Å². The van der Waals surface area contributed by atoms with Gasteiger partial charge in [-0.15, -0.1) is 0 Å². The molecule has 0 rings (SSSR count). The summed E-state index contributed by atoms with van der Waals surface area (Å²) in [4.78, 5) is 33.6. The average Bonchev–Trinajstić information content (AvgIpc) is 2.51. The van der Waals surface area contributed by atoms with Gasteiger partial charge in [0.2, 0.25) is 5.91 Å². The average molecular weight is 341 g/mol. The van der Waals surface area contributed by atoms with Gasteiger partial charge in [0, 0.05) is 19.3 Å². The number of hydrogen-bond donors (Lipinski definition) is 2. The maximum Gasteiger partial charge on any atom is 0.307 e. The number of nitrogens with two attached hydrogens (primary N) is 1. The maximum absolute atomic E-state index is 11.8. The summed E-state index contributed by atoms with van der Waals surface area (Å²) in [5, 5.41) is 8.97. The lowest BCUT2D eigenvalue weighted by molar-refractivity contribution is -0.145. The highest BCUT2D eigenvalue weighted by molar-refractivity contribution is 5.87. The second kappa shape index (κ2) is 15.2. The number of unbranched alkanes of at least 4 members (excludes halogenated alkanes) is 10. The summed E-state index contributed by atoms with van der Waals surface area (Å²) in [6.07, 6.45) is 13.4. The van der Waals surface area contributed by atoms with E-state index in [1.807, 2.05) is 0 Å². The molecule has 0 saturated carbocycles. The van der Waals surface area contributed by atoms with E-state index in [1.165, 1.54) is 51.4 Å². The zero-order valence-corrected chi connectivity index (χ0v) is 15.2. The predicted octanol–water partition coefficient (Wildman–Crippen LogP) is 4.22. The Morgan fingerprint density at radius 2 is 1.25 bits per heavy atom. The number of primary amides is 1. The minimum atomic E-state index is -1.12. The van der Waals surface area contributed by atoms with Gasteiger partial charge in [0.05, 0.1) is 5.92 Å². The molecule has 0 aromatic carbocycles. The van der Waals surface area contributed by atoms with E-state index in [2.05, 4.69) is 6.92 Å². The van der Waals surface area contributed by atoms with Crippen LogP contribution >= 0.6 is 0 Å². The SMILES string of the molecule is CCCCCCCCCCCCCC(=O)CC(CC(N)=O)C(=O)O. The van der Waals surface area contributed by atoms with Gasteiger partial charge in [0.1, 0.15) is 5.78 Å². The molecule has 0 aliphatic rings. The van der Waals surface area contributed by atoms with E-state index in [4.69, 9.17) is 10.8 Å². The number of carbonyl (C=O) groups is 3. The van der Waals surface area contributed by atoms with Crippen molar-refractivity contribution in [3.8, 4) is 0 Å². The Kier molecular flexibility index (Phi) is 14.3. The molecule has 5 heteroatoms. The summed E-state index contributed by atoms with van der Waals surface area (Å²) in [7, 11) is 0. The highest BCUT2D eigenvalue weighted by Crippen LogP contribution is 2.15. The fourth-order valence-electron chi connectivity index (χ4n) is 2.85. The minimum absolute atomic E-state index is 0.0837. The van der Waals surface area contributed by atoms with Crippen LogP contribution in [0.4, 0.5) is 0 Å². The monoisotopic (exact) mass is 341 g/mol. The van der Waals surface area contributed by atoms with Crippen molar-refractivity contribution in [3.63, 3.8) is 0 Å². The second-order valence-corrected chi connectivity index (χ2v) is 6.73. The van der Waals surface area contributed by atoms with Gasteiger partial charge in [-0.25, -0.2) is 0 Å². The Bertz CT molecular complexity index is 368. The van der Waals surface area contributed by atoms with Crippen LogP contribution in [0.1, 0.15) is 96.8 Å². The van der Waals surface area contributed by atoms with Gasteiger partial charge in [-0.05, 0) is 6.42 Å². The predicted molar refractivity (Wildman–Crippen MR) is 95.6 cm³/mol. The summed E-state index contributed by atoms with van der Waals surface area (Å²) < 4.78 is 0. The Hall–Kier alpha value is -1.39. The summed E-state index contributed by atoms with van der Waals surface area (Å²) >= 11 is 0. The van der Waals surface area contributed by atoms with E-state index in [0.717, 1.165) is 19.3 Å². The molecule has 0 aliphatic carbocycles. The third-order valence-electron chi connectivity index (χ3n) is 4.33. The highest BCUT2D eigenvalue weighted by atomic mass is 16.4. The van der Waals surface area contributed by atoms with Gasteiger partial charge in [0.15, 0.2) is 0 Å². The molecule has 3 N–H and O–H groups in total. The van der Waals surface area contributed by atoms with Crippen molar-refractivity contribution in [2.75, 3.05) is 0 Å². The lowest BCUT2D eigenvalue weighted by Crippen LogP contribution is -2.24. The van der Waals surface area contributed by atoms with Crippen molar-refractivity contribution >= 4 is 17.7 Å². The molecule has 0 saturated heterocycles. The number of rotatable bonds is 17. The van der Waals surface area contributed by atoms with Crippen LogP contribution in [-0.4, -0.2) is 22.8 Å². The minimum Gasteiger partial charge on any atom is -0.481 e. The Labute approximate surface area is 146 Å². The maximum atomic E-state index is 11.8. The quantitative estimate of drug-likeness (QED) is 0.387. The molecule has 24 heavy (non-hydrogen) atoms. The summed E-state index contributed by atoms with van der Waals surface area (Å²) in [5.74, 6) is -2.85. The smallest absolute Gasteiger partial charge is 0.307 e. The number of ketones is 1. The van der Waals surface area contributed by atoms with Gasteiger partial charge in [-0.2, -0.15) is 0 Å². The molecule has 0 spiro atoms. The Morgan fingerprint density at radius 1 is 0.792 bits per heavy atom. The van der Waals surface area contributed by atoms with Gasteiger partial charge in [-0.3, -0.25) is 14.4 Å². The van der Waals surface area contributed by atoms with Crippen LogP contribution in [0, 0.1) is 5.92 Å². The zero-order valence-electron chi connectivity index (χ0n) is 15.2. The van der Waals surface area contributed by atoms with Crippen LogP contribution in [-0.2, 0) is 14.4 Å². The number of carboxylic acid groups (broad SMARTS) is 1. The lowest BCUT2D eigenvalue weighted by atomic mass is 9.96. The number of carbonyl (C=O) groups excluding carboxylic acids is 2. The molecule has 0 aliphatic heterocycles. The summed E-state index contributed by atoms with van der Waals surface area (Å²) in [5.41, 5.74) is 5.01. The number of aliphatic carboxylic acids is 1. The first-order valence-corrected chi connectivity index (χ1v) is 9.50. The third kappa shape index (κ3) is 14.2. The van der Waals surface area contributed by atoms with Crippen molar-refractivity contribution in [1.82, 2.24) is 0 Å². The van der Waals surface area contributed by atoms with Crippen molar-refractivity contribution in [2.45, 2.75) is 96.8 Å². The van der Waals surface area contributed by atoms with E-state index >= 15 is 0 Å². The molecule has 1 amide bonds. The van der Waals surface area contributed by atoms with Gasteiger partial charge >= 0.3 is 5.97 Å². The van der Waals surface area contributed by atoms with E-state index in [0.29, 0.717) is 6.42 Å². The van der Waals surface area contributed by atoms with Crippen LogP contribution in [0.2, 0.25) is 0 Å². The molecule has 1 atom stereocenters. The van der Waals surface area contributed by atoms with Gasteiger partial charge in [-0.1, -0.05) is 71.1 Å². The number of hydrogen-bond acceptors (Lipinski definition) is 3. The van der Waals surface area contributed by atoms with Crippen molar-refractivity contribution in [3.05, 3.63) is 0 Å². The van der Waals surface area contributed by atoms with Gasteiger partial charge in [0.25, 0.3) is 0 Å². The molecule has 0 aromatic rings. The molecule has 5 nitrogen and oxygen atoms in total. The standard InChI is InChI=1S/C19H35NO4/c1-2-3-4-5-6-7-8-9-10-11-12-13-17(21)14-16(19(23)24)15-18(20)22/h16H,2-15H2,1H3,(H2,20,22)(H,23,24). The van der Waals surface area contributed by atoms with E-state index in [1.54, 1.807) is 0 Å². The number of carboxylic acids is 1. The summed E-state index contributed by atoms with van der Waals surface area (Å²) in [6.45, 7) is 2.23. The third-order valence-corrected chi connectivity index (χ3v) is 4.33. The summed E-state index contributed by atoms with van der Waals surface area (Å²) in [6, 6.07) is 0. The first kappa shape index (κ1) is 22.6. The fourth-order valence-corrected chi connectivity index (χ4v) is 2.85. The molecule has 0 heterocycles. The van der Waals surface area contributed by atoms with Crippen LogP contribution in [0.25, 0.3) is 0 Å². The van der Waals surface area contributed by atoms with Crippen LogP contribution in [0.15, 0.2) is 0 Å².